The first-order valence-corrected chi connectivity index (χ1v) is 7.10. The Morgan fingerprint density at radius 2 is 2.00 bits per heavy atom. The lowest BCUT2D eigenvalue weighted by Gasteiger charge is -2.22. The average Bonchev–Trinajstić information content (AvgIpc) is 2.38. The molecule has 0 spiro atoms. The summed E-state index contributed by atoms with van der Waals surface area (Å²) in [4.78, 5) is 14.0. The van der Waals surface area contributed by atoms with Crippen LogP contribution < -0.4 is 0 Å². The predicted molar refractivity (Wildman–Crippen MR) is 76.8 cm³/mol. The average molecular weight is 268 g/mol. The Balaban J connectivity index is 2.56. The van der Waals surface area contributed by atoms with Crippen molar-refractivity contribution in [3.05, 3.63) is 35.4 Å². The van der Waals surface area contributed by atoms with Crippen molar-refractivity contribution in [2.24, 2.45) is 0 Å². The third-order valence-corrected chi connectivity index (χ3v) is 3.40. The Morgan fingerprint density at radius 3 is 2.61 bits per heavy atom. The largest absolute Gasteiger partial charge is 0.339 e. The smallest absolute Gasteiger partial charge is 0.222 e. The van der Waals surface area contributed by atoms with Gasteiger partial charge in [-0.15, -0.1) is 11.6 Å². The minimum absolute atomic E-state index is 0.228. The molecule has 0 aromatic heterocycles. The number of nitrogens with zero attached hydrogens (tertiary/aromatic N) is 1. The third kappa shape index (κ3) is 4.69. The van der Waals surface area contributed by atoms with Crippen LogP contribution in [0.5, 0.6) is 0 Å². The van der Waals surface area contributed by atoms with Crippen molar-refractivity contribution in [3.63, 3.8) is 0 Å². The van der Waals surface area contributed by atoms with Crippen molar-refractivity contribution in [2.75, 3.05) is 12.4 Å². The summed E-state index contributed by atoms with van der Waals surface area (Å²) in [6, 6.07) is 8.22. The number of hydrogen-bond donors (Lipinski definition) is 0. The Hall–Kier alpha value is -1.02. The summed E-state index contributed by atoms with van der Waals surface area (Å²) in [5, 5.41) is 0. The van der Waals surface area contributed by atoms with Crippen LogP contribution in [0.1, 0.15) is 37.3 Å². The molecule has 0 unspecified atom stereocenters. The zero-order valence-corrected chi connectivity index (χ0v) is 12.0. The standard InChI is InChI=1S/C15H22ClNO/c1-3-17(15(18)10-6-7-11-16)12-14-9-5-4-8-13(14)2/h4-5,8-9H,3,6-7,10-12H2,1-2H3. The van der Waals surface area contributed by atoms with E-state index in [0.29, 0.717) is 18.8 Å². The van der Waals surface area contributed by atoms with Gasteiger partial charge in [0.15, 0.2) is 0 Å². The van der Waals surface area contributed by atoms with Gasteiger partial charge in [-0.25, -0.2) is 0 Å². The Labute approximate surface area is 115 Å². The van der Waals surface area contributed by atoms with Gasteiger partial charge < -0.3 is 4.90 Å². The minimum atomic E-state index is 0.228. The molecule has 0 fully saturated rings. The lowest BCUT2D eigenvalue weighted by molar-refractivity contribution is -0.131. The number of carbonyl (C=O) groups is 1. The molecule has 0 atom stereocenters. The van der Waals surface area contributed by atoms with E-state index >= 15 is 0 Å². The lowest BCUT2D eigenvalue weighted by Crippen LogP contribution is -2.30. The van der Waals surface area contributed by atoms with E-state index in [1.54, 1.807) is 0 Å². The molecule has 1 amide bonds. The molecule has 0 aliphatic heterocycles. The summed E-state index contributed by atoms with van der Waals surface area (Å²) in [5.41, 5.74) is 2.47. The van der Waals surface area contributed by atoms with Gasteiger partial charge in [0, 0.05) is 25.4 Å². The van der Waals surface area contributed by atoms with E-state index in [0.717, 1.165) is 19.4 Å². The number of halogens is 1. The van der Waals surface area contributed by atoms with E-state index < -0.39 is 0 Å². The maximum atomic E-state index is 12.0. The number of carbonyl (C=O) groups excluding carboxylic acids is 1. The molecule has 0 radical (unpaired) electrons. The molecule has 1 aromatic carbocycles. The Kier molecular flexibility index (Phi) is 6.81. The predicted octanol–water partition coefficient (Wildman–Crippen LogP) is 3.75. The van der Waals surface area contributed by atoms with Gasteiger partial charge in [-0.3, -0.25) is 4.79 Å². The SMILES string of the molecule is CCN(Cc1ccccc1C)C(=O)CCCCCl. The molecule has 0 heterocycles. The van der Waals surface area contributed by atoms with Crippen molar-refractivity contribution < 1.29 is 4.79 Å². The Morgan fingerprint density at radius 1 is 1.28 bits per heavy atom. The molecule has 0 saturated carbocycles. The quantitative estimate of drug-likeness (QED) is 0.544. The fraction of sp³-hybridized carbons (Fsp3) is 0.533. The van der Waals surface area contributed by atoms with Crippen LogP contribution in [0.4, 0.5) is 0 Å². The molecule has 3 heteroatoms. The molecule has 0 bridgehead atoms. The highest BCUT2D eigenvalue weighted by Crippen LogP contribution is 2.12. The summed E-state index contributed by atoms with van der Waals surface area (Å²) in [7, 11) is 0. The van der Waals surface area contributed by atoms with Crippen molar-refractivity contribution in [1.29, 1.82) is 0 Å². The molecule has 0 saturated heterocycles. The van der Waals surface area contributed by atoms with Gasteiger partial charge in [-0.05, 0) is 37.8 Å². The summed E-state index contributed by atoms with van der Waals surface area (Å²) >= 11 is 5.62. The number of benzene rings is 1. The van der Waals surface area contributed by atoms with E-state index in [2.05, 4.69) is 19.1 Å². The van der Waals surface area contributed by atoms with E-state index in [1.807, 2.05) is 24.0 Å². The first-order chi connectivity index (χ1) is 8.69. The first-order valence-electron chi connectivity index (χ1n) is 6.57. The highest BCUT2D eigenvalue weighted by atomic mass is 35.5. The molecule has 18 heavy (non-hydrogen) atoms. The van der Waals surface area contributed by atoms with E-state index in [9.17, 15) is 4.79 Å². The van der Waals surface area contributed by atoms with Crippen LogP contribution >= 0.6 is 11.6 Å². The molecule has 1 rings (SSSR count). The van der Waals surface area contributed by atoms with Crippen LogP contribution in [-0.2, 0) is 11.3 Å². The van der Waals surface area contributed by atoms with Crippen molar-refractivity contribution in [3.8, 4) is 0 Å². The number of amides is 1. The molecule has 1 aromatic rings. The minimum Gasteiger partial charge on any atom is -0.339 e. The second-order valence-corrected chi connectivity index (χ2v) is 4.86. The van der Waals surface area contributed by atoms with Gasteiger partial charge >= 0.3 is 0 Å². The summed E-state index contributed by atoms with van der Waals surface area (Å²) in [6.07, 6.45) is 2.40. The van der Waals surface area contributed by atoms with Gasteiger partial charge in [0.2, 0.25) is 5.91 Å². The summed E-state index contributed by atoms with van der Waals surface area (Å²) < 4.78 is 0. The van der Waals surface area contributed by atoms with Gasteiger partial charge in [-0.2, -0.15) is 0 Å². The molecule has 2 nitrogen and oxygen atoms in total. The normalized spacial score (nSPS) is 10.4. The van der Waals surface area contributed by atoms with E-state index in [4.69, 9.17) is 11.6 Å². The summed E-state index contributed by atoms with van der Waals surface area (Å²) in [6.45, 7) is 5.58. The number of aryl methyl sites for hydroxylation is 1. The summed E-state index contributed by atoms with van der Waals surface area (Å²) in [5.74, 6) is 0.864. The van der Waals surface area contributed by atoms with Gasteiger partial charge in [-0.1, -0.05) is 24.3 Å². The number of alkyl halides is 1. The first kappa shape index (κ1) is 15.0. The second kappa shape index (κ2) is 8.15. The fourth-order valence-corrected chi connectivity index (χ4v) is 2.09. The van der Waals surface area contributed by atoms with Crippen LogP contribution in [0, 0.1) is 6.92 Å². The molecular weight excluding hydrogens is 246 g/mol. The zero-order chi connectivity index (χ0) is 13.4. The van der Waals surface area contributed by atoms with E-state index in [1.165, 1.54) is 11.1 Å². The van der Waals surface area contributed by atoms with Crippen molar-refractivity contribution >= 4 is 17.5 Å². The van der Waals surface area contributed by atoms with Crippen LogP contribution in [0.2, 0.25) is 0 Å². The molecule has 0 aliphatic carbocycles. The Bertz CT molecular complexity index is 379. The number of rotatable bonds is 7. The highest BCUT2D eigenvalue weighted by Gasteiger charge is 2.12. The molecule has 0 N–H and O–H groups in total. The van der Waals surface area contributed by atoms with Crippen molar-refractivity contribution in [1.82, 2.24) is 4.90 Å². The van der Waals surface area contributed by atoms with Gasteiger partial charge in [0.05, 0.1) is 0 Å². The molecular formula is C15H22ClNO. The van der Waals surface area contributed by atoms with Crippen LogP contribution in [0.15, 0.2) is 24.3 Å². The zero-order valence-electron chi connectivity index (χ0n) is 11.3. The van der Waals surface area contributed by atoms with E-state index in [-0.39, 0.29) is 5.91 Å². The van der Waals surface area contributed by atoms with Crippen molar-refractivity contribution in [2.45, 2.75) is 39.7 Å². The van der Waals surface area contributed by atoms with Gasteiger partial charge in [0.1, 0.15) is 0 Å². The van der Waals surface area contributed by atoms with Crippen LogP contribution in [0.3, 0.4) is 0 Å². The topological polar surface area (TPSA) is 20.3 Å². The van der Waals surface area contributed by atoms with Crippen LogP contribution in [0.25, 0.3) is 0 Å². The third-order valence-electron chi connectivity index (χ3n) is 3.13. The molecule has 100 valence electrons. The highest BCUT2D eigenvalue weighted by molar-refractivity contribution is 6.17. The lowest BCUT2D eigenvalue weighted by atomic mass is 10.1. The van der Waals surface area contributed by atoms with Gasteiger partial charge in [0.25, 0.3) is 0 Å². The maximum Gasteiger partial charge on any atom is 0.222 e. The monoisotopic (exact) mass is 267 g/mol. The fourth-order valence-electron chi connectivity index (χ4n) is 1.90. The maximum absolute atomic E-state index is 12.0. The van der Waals surface area contributed by atoms with Crippen LogP contribution in [-0.4, -0.2) is 23.2 Å². The number of unbranched alkanes of at least 4 members (excludes halogenated alkanes) is 1. The second-order valence-electron chi connectivity index (χ2n) is 4.48. The number of hydrogen-bond acceptors (Lipinski definition) is 1. The molecule has 0 aliphatic rings.